The molecule has 1 aromatic carbocycles. The number of likely N-dealkylation sites (tertiary alicyclic amines) is 1. The molecule has 1 atom stereocenters. The van der Waals surface area contributed by atoms with E-state index in [1.807, 2.05) is 25.7 Å². The second-order valence-electron chi connectivity index (χ2n) is 11.0. The van der Waals surface area contributed by atoms with Crippen LogP contribution in [0.25, 0.3) is 0 Å². The molecule has 10 heteroatoms. The van der Waals surface area contributed by atoms with Gasteiger partial charge in [0, 0.05) is 44.2 Å². The molecule has 0 aliphatic carbocycles. The number of anilines is 1. The molecule has 2 aromatic rings. The molecule has 0 bridgehead atoms. The van der Waals surface area contributed by atoms with Crippen LogP contribution >= 0.6 is 0 Å². The summed E-state index contributed by atoms with van der Waals surface area (Å²) < 4.78 is 20.4. The lowest BCUT2D eigenvalue weighted by Gasteiger charge is -2.54. The van der Waals surface area contributed by atoms with Crippen LogP contribution in [0.5, 0.6) is 11.5 Å². The lowest BCUT2D eigenvalue weighted by molar-refractivity contribution is -0.135. The highest BCUT2D eigenvalue weighted by Crippen LogP contribution is 2.45. The zero-order valence-electron chi connectivity index (χ0n) is 22.5. The first kappa shape index (κ1) is 26.3. The fraction of sp³-hybridized carbons (Fsp3) is 0.571. The van der Waals surface area contributed by atoms with E-state index in [4.69, 9.17) is 4.74 Å². The molecule has 3 aliphatic rings. The van der Waals surface area contributed by atoms with Crippen LogP contribution in [0.3, 0.4) is 0 Å². The summed E-state index contributed by atoms with van der Waals surface area (Å²) in [6.45, 7) is 10.4. The number of aromatic nitrogens is 2. The van der Waals surface area contributed by atoms with Gasteiger partial charge in [-0.2, -0.15) is 0 Å². The summed E-state index contributed by atoms with van der Waals surface area (Å²) in [4.78, 5) is 40.5. The lowest BCUT2D eigenvalue weighted by Crippen LogP contribution is -2.62. The Morgan fingerprint density at radius 2 is 2.00 bits per heavy atom. The quantitative estimate of drug-likeness (QED) is 0.593. The zero-order chi connectivity index (χ0) is 26.9. The predicted octanol–water partition coefficient (Wildman–Crippen LogP) is 3.46. The van der Waals surface area contributed by atoms with Crippen molar-refractivity contribution in [1.29, 1.82) is 0 Å². The van der Waals surface area contributed by atoms with E-state index < -0.39 is 5.82 Å². The Morgan fingerprint density at radius 3 is 2.66 bits per heavy atom. The SMILES string of the molecule is CCN(C(=O)c1cc(F)ccc1Oc1cncnc1N1CC2(CCN(C(=O)[C@@H]3CCCN3)CC2)C1)C(C)C. The second kappa shape index (κ2) is 10.8. The number of hydrogen-bond donors (Lipinski definition) is 1. The molecule has 2 amide bonds. The van der Waals surface area contributed by atoms with Gasteiger partial charge in [0.1, 0.15) is 17.9 Å². The van der Waals surface area contributed by atoms with Crippen LogP contribution in [0.4, 0.5) is 10.2 Å². The number of halogens is 1. The van der Waals surface area contributed by atoms with Crippen LogP contribution in [0.15, 0.2) is 30.7 Å². The third-order valence-electron chi connectivity index (χ3n) is 8.12. The van der Waals surface area contributed by atoms with Crippen LogP contribution in [0, 0.1) is 11.2 Å². The molecule has 3 fully saturated rings. The highest BCUT2D eigenvalue weighted by Gasteiger charge is 2.47. The number of ether oxygens (including phenoxy) is 1. The van der Waals surface area contributed by atoms with Gasteiger partial charge < -0.3 is 24.8 Å². The van der Waals surface area contributed by atoms with Crippen molar-refractivity contribution in [1.82, 2.24) is 25.1 Å². The first-order valence-electron chi connectivity index (χ1n) is 13.7. The molecule has 0 unspecified atom stereocenters. The number of piperidine rings is 1. The Kier molecular flexibility index (Phi) is 7.52. The van der Waals surface area contributed by atoms with Crippen molar-refractivity contribution in [3.05, 3.63) is 42.1 Å². The van der Waals surface area contributed by atoms with Gasteiger partial charge in [0.25, 0.3) is 5.91 Å². The van der Waals surface area contributed by atoms with Gasteiger partial charge in [-0.3, -0.25) is 9.59 Å². The maximum Gasteiger partial charge on any atom is 0.257 e. The Labute approximate surface area is 223 Å². The lowest BCUT2D eigenvalue weighted by atomic mass is 9.72. The van der Waals surface area contributed by atoms with E-state index in [-0.39, 0.29) is 40.6 Å². The van der Waals surface area contributed by atoms with Gasteiger partial charge in [-0.1, -0.05) is 0 Å². The molecular formula is C28H37FN6O3. The minimum atomic E-state index is -0.497. The molecular weight excluding hydrogens is 487 g/mol. The summed E-state index contributed by atoms with van der Waals surface area (Å²) in [7, 11) is 0. The van der Waals surface area contributed by atoms with Gasteiger partial charge in [-0.15, -0.1) is 0 Å². The fourth-order valence-corrected chi connectivity index (χ4v) is 5.94. The number of nitrogens with one attached hydrogen (secondary N) is 1. The first-order valence-corrected chi connectivity index (χ1v) is 13.7. The largest absolute Gasteiger partial charge is 0.451 e. The Balaban J connectivity index is 1.27. The summed E-state index contributed by atoms with van der Waals surface area (Å²) in [5.41, 5.74) is 0.321. The average molecular weight is 525 g/mol. The van der Waals surface area contributed by atoms with E-state index >= 15 is 0 Å². The number of hydrogen-bond acceptors (Lipinski definition) is 7. The summed E-state index contributed by atoms with van der Waals surface area (Å²) in [5.74, 6) is 0.808. The van der Waals surface area contributed by atoms with Gasteiger partial charge in [0.05, 0.1) is 17.8 Å². The molecule has 3 aliphatic heterocycles. The molecule has 5 rings (SSSR count). The van der Waals surface area contributed by atoms with E-state index in [9.17, 15) is 14.0 Å². The highest BCUT2D eigenvalue weighted by molar-refractivity contribution is 5.97. The second-order valence-corrected chi connectivity index (χ2v) is 11.0. The number of nitrogens with zero attached hydrogens (tertiary/aromatic N) is 5. The summed E-state index contributed by atoms with van der Waals surface area (Å²) in [5, 5.41) is 3.31. The molecule has 0 saturated carbocycles. The number of carbonyl (C=O) groups is 2. The normalized spacial score (nSPS) is 20.5. The van der Waals surface area contributed by atoms with Gasteiger partial charge in [-0.25, -0.2) is 14.4 Å². The van der Waals surface area contributed by atoms with Crippen LogP contribution in [-0.4, -0.2) is 82.9 Å². The van der Waals surface area contributed by atoms with E-state index in [1.54, 1.807) is 11.1 Å². The highest BCUT2D eigenvalue weighted by atomic mass is 19.1. The van der Waals surface area contributed by atoms with Crippen molar-refractivity contribution < 1.29 is 18.7 Å². The van der Waals surface area contributed by atoms with Crippen LogP contribution in [0.1, 0.15) is 56.8 Å². The maximum atomic E-state index is 14.2. The molecule has 0 radical (unpaired) electrons. The van der Waals surface area contributed by atoms with Gasteiger partial charge in [0.2, 0.25) is 5.91 Å². The number of carbonyl (C=O) groups excluding carboxylic acids is 2. The molecule has 1 N–H and O–H groups in total. The third-order valence-corrected chi connectivity index (χ3v) is 8.12. The first-order chi connectivity index (χ1) is 18.3. The minimum absolute atomic E-state index is 0.0177. The Morgan fingerprint density at radius 1 is 1.24 bits per heavy atom. The number of amides is 2. The van der Waals surface area contributed by atoms with Gasteiger partial charge >= 0.3 is 0 Å². The summed E-state index contributed by atoms with van der Waals surface area (Å²) in [6, 6.07) is 3.94. The molecule has 1 spiro atoms. The van der Waals surface area contributed by atoms with Crippen molar-refractivity contribution in [3.63, 3.8) is 0 Å². The zero-order valence-corrected chi connectivity index (χ0v) is 22.5. The number of benzene rings is 1. The van der Waals surface area contributed by atoms with Gasteiger partial charge in [0.15, 0.2) is 11.6 Å². The summed E-state index contributed by atoms with van der Waals surface area (Å²) in [6.07, 6.45) is 6.98. The van der Waals surface area contributed by atoms with Crippen molar-refractivity contribution in [2.24, 2.45) is 5.41 Å². The third kappa shape index (κ3) is 5.18. The van der Waals surface area contributed by atoms with Crippen LogP contribution in [0.2, 0.25) is 0 Å². The predicted molar refractivity (Wildman–Crippen MR) is 142 cm³/mol. The minimum Gasteiger partial charge on any atom is -0.451 e. The summed E-state index contributed by atoms with van der Waals surface area (Å²) >= 11 is 0. The van der Waals surface area contributed by atoms with E-state index in [0.29, 0.717) is 18.1 Å². The molecule has 3 saturated heterocycles. The molecule has 38 heavy (non-hydrogen) atoms. The van der Waals surface area contributed by atoms with Crippen LogP contribution in [-0.2, 0) is 4.79 Å². The molecule has 9 nitrogen and oxygen atoms in total. The molecule has 4 heterocycles. The van der Waals surface area contributed by atoms with E-state index in [1.165, 1.54) is 24.5 Å². The fourth-order valence-electron chi connectivity index (χ4n) is 5.94. The monoisotopic (exact) mass is 524 g/mol. The Bertz CT molecular complexity index is 1170. The van der Waals surface area contributed by atoms with Crippen molar-refractivity contribution in [2.45, 2.75) is 58.5 Å². The topological polar surface area (TPSA) is 90.9 Å². The number of rotatable bonds is 7. The van der Waals surface area contributed by atoms with Crippen molar-refractivity contribution in [3.8, 4) is 11.5 Å². The average Bonchev–Trinajstić information content (AvgIpc) is 3.44. The smallest absolute Gasteiger partial charge is 0.257 e. The molecule has 1 aromatic heterocycles. The van der Waals surface area contributed by atoms with Crippen molar-refractivity contribution >= 4 is 17.6 Å². The maximum absolute atomic E-state index is 14.2. The van der Waals surface area contributed by atoms with Crippen LogP contribution < -0.4 is 15.0 Å². The van der Waals surface area contributed by atoms with Gasteiger partial charge in [-0.05, 0) is 71.2 Å². The van der Waals surface area contributed by atoms with E-state index in [0.717, 1.165) is 58.4 Å². The van der Waals surface area contributed by atoms with E-state index in [2.05, 4.69) is 20.2 Å². The van der Waals surface area contributed by atoms with Crippen molar-refractivity contribution in [2.75, 3.05) is 44.2 Å². The standard InChI is InChI=1S/C28H37FN6O3/c1-4-35(19(2)3)26(36)21-14-20(29)7-8-23(21)38-24-15-30-18-32-25(24)34-16-28(17-34)9-12-33(13-10-28)27(37)22-6-5-11-31-22/h7-8,14-15,18-19,22,31H,4-6,9-13,16-17H2,1-3H3/t22-/m0/s1. The Hall–Kier alpha value is -3.27. The molecule has 204 valence electrons.